The molecule has 1 aromatic rings. The number of hydrogen-bond donors (Lipinski definition) is 3. The molecule has 6 nitrogen and oxygen atoms in total. The van der Waals surface area contributed by atoms with Crippen molar-refractivity contribution in [2.45, 2.75) is 31.0 Å². The summed E-state index contributed by atoms with van der Waals surface area (Å²) in [6.07, 6.45) is -1.63. The molecule has 0 aliphatic rings. The van der Waals surface area contributed by atoms with Crippen molar-refractivity contribution in [3.8, 4) is 0 Å². The van der Waals surface area contributed by atoms with E-state index in [1.807, 2.05) is 0 Å². The minimum absolute atomic E-state index is 0.0718. The average molecular weight is 288 g/mol. The highest BCUT2D eigenvalue weighted by Crippen LogP contribution is 2.18. The fourth-order valence-corrected chi connectivity index (χ4v) is 3.25. The van der Waals surface area contributed by atoms with Crippen molar-refractivity contribution < 1.29 is 18.6 Å². The number of nitrogen functional groups attached to an aromatic ring is 1. The molecule has 7 heteroatoms. The molecule has 2 atom stereocenters. The summed E-state index contributed by atoms with van der Waals surface area (Å²) in [4.78, 5) is 0.0861. The predicted molar refractivity (Wildman–Crippen MR) is 73.0 cm³/mol. The van der Waals surface area contributed by atoms with E-state index >= 15 is 0 Å². The van der Waals surface area contributed by atoms with Crippen molar-refractivity contribution in [3.63, 3.8) is 0 Å². The molecular formula is C12H20N2O4S. The topological polar surface area (TPSA) is 104 Å². The molecule has 19 heavy (non-hydrogen) atoms. The van der Waals surface area contributed by atoms with Crippen LogP contribution in [0, 0.1) is 0 Å². The Bertz CT molecular complexity index is 487. The first-order valence-electron chi connectivity index (χ1n) is 5.95. The maximum atomic E-state index is 12.4. The molecule has 0 amide bonds. The minimum Gasteiger partial charge on any atom is -0.399 e. The zero-order valence-electron chi connectivity index (χ0n) is 11.0. The molecule has 1 aromatic carbocycles. The number of nitrogens with zero attached hydrogens (tertiary/aromatic N) is 1. The van der Waals surface area contributed by atoms with Crippen LogP contribution in [0.2, 0.25) is 0 Å². The van der Waals surface area contributed by atoms with Crippen molar-refractivity contribution in [2.75, 3.05) is 18.8 Å². The Balaban J connectivity index is 3.07. The Labute approximate surface area is 113 Å². The summed E-state index contributed by atoms with van der Waals surface area (Å²) in [5.41, 5.74) is 5.99. The molecule has 0 unspecified atom stereocenters. The molecule has 0 spiro atoms. The molecule has 1 rings (SSSR count). The number of aliphatic hydroxyl groups is 2. The second-order valence-corrected chi connectivity index (χ2v) is 6.53. The normalized spacial score (nSPS) is 15.4. The molecule has 4 N–H and O–H groups in total. The quantitative estimate of drug-likeness (QED) is 0.640. The number of sulfonamides is 1. The van der Waals surface area contributed by atoms with Crippen molar-refractivity contribution in [2.24, 2.45) is 0 Å². The van der Waals surface area contributed by atoms with Gasteiger partial charge in [-0.3, -0.25) is 0 Å². The highest BCUT2D eigenvalue weighted by molar-refractivity contribution is 7.89. The van der Waals surface area contributed by atoms with Crippen LogP contribution in [-0.4, -0.2) is 48.2 Å². The van der Waals surface area contributed by atoms with E-state index in [9.17, 15) is 18.6 Å². The SMILES string of the molecule is C[C@H](O)CN(C[C@H](C)O)S(=O)(=O)c1ccc(N)cc1. The Hall–Kier alpha value is -1.15. The van der Waals surface area contributed by atoms with Gasteiger partial charge in [0.05, 0.1) is 17.1 Å². The monoisotopic (exact) mass is 288 g/mol. The van der Waals surface area contributed by atoms with E-state index in [-0.39, 0.29) is 18.0 Å². The van der Waals surface area contributed by atoms with Crippen molar-refractivity contribution >= 4 is 15.7 Å². The zero-order chi connectivity index (χ0) is 14.6. The van der Waals surface area contributed by atoms with Gasteiger partial charge < -0.3 is 15.9 Å². The number of hydrogen-bond acceptors (Lipinski definition) is 5. The van der Waals surface area contributed by atoms with Gasteiger partial charge in [0.15, 0.2) is 0 Å². The molecule has 0 heterocycles. The lowest BCUT2D eigenvalue weighted by Gasteiger charge is -2.24. The summed E-state index contributed by atoms with van der Waals surface area (Å²) in [6.45, 7) is 2.84. The van der Waals surface area contributed by atoms with Crippen LogP contribution in [0.1, 0.15) is 13.8 Å². The third kappa shape index (κ3) is 4.46. The summed E-state index contributed by atoms with van der Waals surface area (Å²) in [5, 5.41) is 18.8. The number of aliphatic hydroxyl groups excluding tert-OH is 2. The second kappa shape index (κ2) is 6.33. The molecule has 0 aliphatic heterocycles. The Kier molecular flexibility index (Phi) is 5.30. The number of benzene rings is 1. The first kappa shape index (κ1) is 15.9. The maximum Gasteiger partial charge on any atom is 0.243 e. The van der Waals surface area contributed by atoms with Crippen LogP contribution in [-0.2, 0) is 10.0 Å². The fourth-order valence-electron chi connectivity index (χ4n) is 1.65. The van der Waals surface area contributed by atoms with E-state index in [0.29, 0.717) is 5.69 Å². The van der Waals surface area contributed by atoms with Crippen LogP contribution in [0.25, 0.3) is 0 Å². The van der Waals surface area contributed by atoms with Crippen molar-refractivity contribution in [3.05, 3.63) is 24.3 Å². The van der Waals surface area contributed by atoms with Crippen molar-refractivity contribution in [1.29, 1.82) is 0 Å². The standard InChI is InChI=1S/C12H20N2O4S/c1-9(15)7-14(8-10(2)16)19(17,18)12-5-3-11(13)4-6-12/h3-6,9-10,15-16H,7-8,13H2,1-2H3/t9-,10-/m0/s1. The molecule has 0 saturated heterocycles. The zero-order valence-corrected chi connectivity index (χ0v) is 11.8. The van der Waals surface area contributed by atoms with Gasteiger partial charge in [0, 0.05) is 18.8 Å². The molecule has 0 aliphatic carbocycles. The van der Waals surface area contributed by atoms with E-state index in [1.165, 1.54) is 38.1 Å². The largest absolute Gasteiger partial charge is 0.399 e. The van der Waals surface area contributed by atoms with Gasteiger partial charge >= 0.3 is 0 Å². The van der Waals surface area contributed by atoms with E-state index in [4.69, 9.17) is 5.73 Å². The fraction of sp³-hybridized carbons (Fsp3) is 0.500. The summed E-state index contributed by atoms with van der Waals surface area (Å²) < 4.78 is 25.8. The van der Waals surface area contributed by atoms with Crippen LogP contribution < -0.4 is 5.73 Å². The van der Waals surface area contributed by atoms with E-state index in [1.54, 1.807) is 0 Å². The smallest absolute Gasteiger partial charge is 0.243 e. The molecule has 0 bridgehead atoms. The third-order valence-corrected chi connectivity index (χ3v) is 4.30. The lowest BCUT2D eigenvalue weighted by atomic mass is 10.3. The molecule has 0 fully saturated rings. The highest BCUT2D eigenvalue weighted by atomic mass is 32.2. The van der Waals surface area contributed by atoms with Crippen LogP contribution in [0.4, 0.5) is 5.69 Å². The van der Waals surface area contributed by atoms with Gasteiger partial charge in [-0.2, -0.15) is 4.31 Å². The number of anilines is 1. The van der Waals surface area contributed by atoms with Gasteiger partial charge in [-0.1, -0.05) is 0 Å². The Morgan fingerprint density at radius 2 is 1.53 bits per heavy atom. The Morgan fingerprint density at radius 3 is 1.89 bits per heavy atom. The summed E-state index contributed by atoms with van der Waals surface area (Å²) in [5.74, 6) is 0. The molecule has 0 saturated carbocycles. The molecule has 0 radical (unpaired) electrons. The lowest BCUT2D eigenvalue weighted by Crippen LogP contribution is -2.40. The van der Waals surface area contributed by atoms with Crippen LogP contribution >= 0.6 is 0 Å². The molecular weight excluding hydrogens is 268 g/mol. The summed E-state index contributed by atoms with van der Waals surface area (Å²) in [7, 11) is -3.75. The van der Waals surface area contributed by atoms with Gasteiger partial charge in [0.2, 0.25) is 10.0 Å². The third-order valence-electron chi connectivity index (χ3n) is 2.45. The van der Waals surface area contributed by atoms with Crippen LogP contribution in [0.5, 0.6) is 0 Å². The van der Waals surface area contributed by atoms with Crippen LogP contribution in [0.15, 0.2) is 29.2 Å². The van der Waals surface area contributed by atoms with Gasteiger partial charge in [0.1, 0.15) is 0 Å². The van der Waals surface area contributed by atoms with Crippen molar-refractivity contribution in [1.82, 2.24) is 4.31 Å². The van der Waals surface area contributed by atoms with Gasteiger partial charge in [0.25, 0.3) is 0 Å². The minimum atomic E-state index is -3.75. The predicted octanol–water partition coefficient (Wildman–Crippen LogP) is 0.0211. The van der Waals surface area contributed by atoms with E-state index in [0.717, 1.165) is 4.31 Å². The summed E-state index contributed by atoms with van der Waals surface area (Å²) >= 11 is 0. The highest BCUT2D eigenvalue weighted by Gasteiger charge is 2.26. The average Bonchev–Trinajstić information content (AvgIpc) is 2.27. The van der Waals surface area contributed by atoms with Gasteiger partial charge in [-0.15, -0.1) is 0 Å². The summed E-state index contributed by atoms with van der Waals surface area (Å²) in [6, 6.07) is 5.80. The van der Waals surface area contributed by atoms with E-state index in [2.05, 4.69) is 0 Å². The molecule has 108 valence electrons. The van der Waals surface area contributed by atoms with E-state index < -0.39 is 22.2 Å². The van der Waals surface area contributed by atoms with Crippen LogP contribution in [0.3, 0.4) is 0 Å². The Morgan fingerprint density at radius 1 is 1.11 bits per heavy atom. The first-order valence-corrected chi connectivity index (χ1v) is 7.39. The number of nitrogens with two attached hydrogens (primary N) is 1. The first-order chi connectivity index (χ1) is 8.73. The second-order valence-electron chi connectivity index (χ2n) is 4.59. The van der Waals surface area contributed by atoms with Gasteiger partial charge in [-0.05, 0) is 38.1 Å². The molecule has 0 aromatic heterocycles. The maximum absolute atomic E-state index is 12.4. The number of rotatable bonds is 6. The lowest BCUT2D eigenvalue weighted by molar-refractivity contribution is 0.125. The van der Waals surface area contributed by atoms with Gasteiger partial charge in [-0.25, -0.2) is 8.42 Å².